The van der Waals surface area contributed by atoms with Crippen LogP contribution in [0.25, 0.3) is 10.4 Å². The summed E-state index contributed by atoms with van der Waals surface area (Å²) in [6.45, 7) is 0.387. The summed E-state index contributed by atoms with van der Waals surface area (Å²) >= 11 is 1.27. The Morgan fingerprint density at radius 1 is 1.41 bits per heavy atom. The second-order valence-electron chi connectivity index (χ2n) is 3.76. The first-order valence-corrected chi connectivity index (χ1v) is 5.82. The van der Waals surface area contributed by atoms with Crippen molar-refractivity contribution in [3.05, 3.63) is 40.5 Å². The van der Waals surface area contributed by atoms with Crippen LogP contribution in [0.1, 0.15) is 15.2 Å². The second kappa shape index (κ2) is 3.56. The number of nitrogens with two attached hydrogens (primary N) is 1. The molecule has 2 N–H and O–H groups in total. The Morgan fingerprint density at radius 2 is 2.24 bits per heavy atom. The summed E-state index contributed by atoms with van der Waals surface area (Å²) < 4.78 is 18.7. The van der Waals surface area contributed by atoms with Gasteiger partial charge < -0.3 is 10.5 Å². The molecule has 2 aromatic rings. The quantitative estimate of drug-likeness (QED) is 0.844. The van der Waals surface area contributed by atoms with E-state index in [0.717, 1.165) is 10.4 Å². The molecule has 5 heteroatoms. The van der Waals surface area contributed by atoms with E-state index in [1.807, 2.05) is 0 Å². The maximum atomic E-state index is 13.2. The SMILES string of the molecule is NC(=O)c1cc2c(s1)-c1cc(F)ccc1OC2. The summed E-state index contributed by atoms with van der Waals surface area (Å²) in [5.74, 6) is -0.159. The van der Waals surface area contributed by atoms with Gasteiger partial charge in [-0.25, -0.2) is 4.39 Å². The average molecular weight is 249 g/mol. The molecule has 1 aliphatic rings. The van der Waals surface area contributed by atoms with Gasteiger partial charge in [-0.1, -0.05) is 0 Å². The Labute approximate surface area is 101 Å². The number of rotatable bonds is 1. The molecule has 0 bridgehead atoms. The largest absolute Gasteiger partial charge is 0.488 e. The fourth-order valence-corrected chi connectivity index (χ4v) is 2.89. The van der Waals surface area contributed by atoms with Gasteiger partial charge in [0.2, 0.25) is 0 Å². The lowest BCUT2D eigenvalue weighted by Crippen LogP contribution is -2.08. The van der Waals surface area contributed by atoms with Crippen LogP contribution in [0.4, 0.5) is 4.39 Å². The molecule has 3 rings (SSSR count). The Morgan fingerprint density at radius 3 is 3.00 bits per heavy atom. The lowest BCUT2D eigenvalue weighted by Gasteiger charge is -2.17. The van der Waals surface area contributed by atoms with Crippen LogP contribution in [0.5, 0.6) is 5.75 Å². The number of halogens is 1. The zero-order chi connectivity index (χ0) is 12.0. The molecule has 1 aromatic heterocycles. The minimum atomic E-state index is -0.470. The zero-order valence-electron chi connectivity index (χ0n) is 8.70. The van der Waals surface area contributed by atoms with E-state index in [4.69, 9.17) is 10.5 Å². The molecule has 0 atom stereocenters. The molecule has 0 aliphatic carbocycles. The first-order valence-electron chi connectivity index (χ1n) is 5.00. The predicted molar refractivity (Wildman–Crippen MR) is 62.6 cm³/mol. The maximum absolute atomic E-state index is 13.2. The van der Waals surface area contributed by atoms with Crippen molar-refractivity contribution in [2.24, 2.45) is 5.73 Å². The number of hydrogen-bond donors (Lipinski definition) is 1. The van der Waals surface area contributed by atoms with Crippen molar-refractivity contribution in [2.45, 2.75) is 6.61 Å². The lowest BCUT2D eigenvalue weighted by atomic mass is 10.1. The summed E-state index contributed by atoms with van der Waals surface area (Å²) in [6, 6.07) is 6.06. The third-order valence-corrected chi connectivity index (χ3v) is 3.85. The van der Waals surface area contributed by atoms with Crippen LogP contribution in [0.3, 0.4) is 0 Å². The number of carbonyl (C=O) groups is 1. The summed E-state index contributed by atoms with van der Waals surface area (Å²) in [5.41, 5.74) is 6.79. The van der Waals surface area contributed by atoms with Crippen molar-refractivity contribution in [1.82, 2.24) is 0 Å². The van der Waals surface area contributed by atoms with Crippen molar-refractivity contribution in [2.75, 3.05) is 0 Å². The summed E-state index contributed by atoms with van der Waals surface area (Å²) in [4.78, 5) is 12.4. The molecule has 0 unspecified atom stereocenters. The van der Waals surface area contributed by atoms with E-state index in [-0.39, 0.29) is 5.82 Å². The first-order chi connectivity index (χ1) is 8.15. The number of hydrogen-bond acceptors (Lipinski definition) is 3. The van der Waals surface area contributed by atoms with Crippen molar-refractivity contribution in [3.63, 3.8) is 0 Å². The Bertz CT molecular complexity index is 621. The van der Waals surface area contributed by atoms with Crippen LogP contribution in [-0.2, 0) is 6.61 Å². The van der Waals surface area contributed by atoms with Gasteiger partial charge in [0.05, 0.1) is 4.88 Å². The van der Waals surface area contributed by atoms with Gasteiger partial charge in [0.15, 0.2) is 0 Å². The molecule has 1 aromatic carbocycles. The number of fused-ring (bicyclic) bond motifs is 3. The first kappa shape index (κ1) is 10.3. The van der Waals surface area contributed by atoms with E-state index < -0.39 is 5.91 Å². The van der Waals surface area contributed by atoms with Gasteiger partial charge in [0.1, 0.15) is 18.2 Å². The number of primary amides is 1. The van der Waals surface area contributed by atoms with Crippen molar-refractivity contribution < 1.29 is 13.9 Å². The molecular formula is C12H8FNO2S. The van der Waals surface area contributed by atoms with Gasteiger partial charge in [-0.2, -0.15) is 0 Å². The van der Waals surface area contributed by atoms with E-state index >= 15 is 0 Å². The molecular weight excluding hydrogens is 241 g/mol. The number of thiophene rings is 1. The van der Waals surface area contributed by atoms with Crippen LogP contribution >= 0.6 is 11.3 Å². The summed E-state index contributed by atoms with van der Waals surface area (Å²) in [6.07, 6.45) is 0. The Balaban J connectivity index is 2.21. The minimum absolute atomic E-state index is 0.325. The van der Waals surface area contributed by atoms with Gasteiger partial charge in [-0.3, -0.25) is 4.79 Å². The van der Waals surface area contributed by atoms with Gasteiger partial charge in [-0.05, 0) is 24.3 Å². The fraction of sp³-hybridized carbons (Fsp3) is 0.0833. The normalized spacial score (nSPS) is 12.5. The maximum Gasteiger partial charge on any atom is 0.258 e. The molecule has 2 heterocycles. The van der Waals surface area contributed by atoms with Crippen LogP contribution < -0.4 is 10.5 Å². The number of carbonyl (C=O) groups excluding carboxylic acids is 1. The monoisotopic (exact) mass is 249 g/mol. The number of ether oxygens (including phenoxy) is 1. The van der Waals surface area contributed by atoms with Crippen LogP contribution in [0, 0.1) is 5.82 Å². The van der Waals surface area contributed by atoms with Gasteiger partial charge in [-0.15, -0.1) is 11.3 Å². The molecule has 0 saturated heterocycles. The minimum Gasteiger partial charge on any atom is -0.488 e. The smallest absolute Gasteiger partial charge is 0.258 e. The highest BCUT2D eigenvalue weighted by atomic mass is 32.1. The van der Waals surface area contributed by atoms with Gasteiger partial charge >= 0.3 is 0 Å². The average Bonchev–Trinajstić information content (AvgIpc) is 2.73. The van der Waals surface area contributed by atoms with E-state index in [9.17, 15) is 9.18 Å². The van der Waals surface area contributed by atoms with E-state index in [1.165, 1.54) is 23.5 Å². The Kier molecular flexibility index (Phi) is 2.16. The van der Waals surface area contributed by atoms with E-state index in [0.29, 0.717) is 22.8 Å². The molecule has 0 fully saturated rings. The predicted octanol–water partition coefficient (Wildman–Crippen LogP) is 2.55. The topological polar surface area (TPSA) is 52.3 Å². The molecule has 0 radical (unpaired) electrons. The van der Waals surface area contributed by atoms with Gasteiger partial charge in [0, 0.05) is 16.0 Å². The second-order valence-corrected chi connectivity index (χ2v) is 4.81. The highest BCUT2D eigenvalue weighted by Crippen LogP contribution is 2.42. The van der Waals surface area contributed by atoms with Crippen LogP contribution in [0.15, 0.2) is 24.3 Å². The van der Waals surface area contributed by atoms with Gasteiger partial charge in [0.25, 0.3) is 5.91 Å². The number of amides is 1. The summed E-state index contributed by atoms with van der Waals surface area (Å²) in [5, 5.41) is 0. The van der Waals surface area contributed by atoms with Crippen molar-refractivity contribution >= 4 is 17.2 Å². The number of benzene rings is 1. The standard InChI is InChI=1S/C12H8FNO2S/c13-7-1-2-9-8(4-7)11-6(5-16-9)3-10(17-11)12(14)15/h1-4H,5H2,(H2,14,15). The molecule has 1 aliphatic heterocycles. The summed E-state index contributed by atoms with van der Waals surface area (Å²) in [7, 11) is 0. The third kappa shape index (κ3) is 1.59. The van der Waals surface area contributed by atoms with Crippen molar-refractivity contribution in [1.29, 1.82) is 0 Å². The molecule has 86 valence electrons. The van der Waals surface area contributed by atoms with Crippen LogP contribution in [0.2, 0.25) is 0 Å². The lowest BCUT2D eigenvalue weighted by molar-refractivity contribution is 0.100. The molecule has 1 amide bonds. The molecule has 0 saturated carbocycles. The highest BCUT2D eigenvalue weighted by Gasteiger charge is 2.22. The van der Waals surface area contributed by atoms with E-state index in [2.05, 4.69) is 0 Å². The zero-order valence-corrected chi connectivity index (χ0v) is 9.51. The highest BCUT2D eigenvalue weighted by molar-refractivity contribution is 7.17. The molecule has 3 nitrogen and oxygen atoms in total. The Hall–Kier alpha value is -1.88. The molecule has 17 heavy (non-hydrogen) atoms. The van der Waals surface area contributed by atoms with Crippen LogP contribution in [-0.4, -0.2) is 5.91 Å². The molecule has 0 spiro atoms. The third-order valence-electron chi connectivity index (χ3n) is 2.62. The fourth-order valence-electron chi connectivity index (χ4n) is 1.85. The van der Waals surface area contributed by atoms with E-state index in [1.54, 1.807) is 12.1 Å². The van der Waals surface area contributed by atoms with Crippen molar-refractivity contribution in [3.8, 4) is 16.2 Å².